The molecule has 3 amide bonds. The largest absolute Gasteiger partial charge is 0.493 e. The first-order valence-corrected chi connectivity index (χ1v) is 16.2. The number of carbonyl (C=O) groups is 4. The van der Waals surface area contributed by atoms with Crippen LogP contribution in [0.25, 0.3) is 0 Å². The van der Waals surface area contributed by atoms with Crippen LogP contribution >= 0.6 is 0 Å². The first-order valence-electron chi connectivity index (χ1n) is 16.2. The molecule has 0 aromatic carbocycles. The minimum absolute atomic E-state index is 0.0123. The predicted molar refractivity (Wildman–Crippen MR) is 181 cm³/mol. The van der Waals surface area contributed by atoms with E-state index < -0.39 is 52.9 Å². The number of aliphatic imine (C=N–C) groups is 1. The van der Waals surface area contributed by atoms with Crippen LogP contribution in [0.5, 0.6) is 0 Å². The summed E-state index contributed by atoms with van der Waals surface area (Å²) in [7, 11) is 3.82. The van der Waals surface area contributed by atoms with Gasteiger partial charge in [-0.05, 0) is 12.2 Å². The molecule has 57 heavy (non-hydrogen) atoms. The van der Waals surface area contributed by atoms with Crippen molar-refractivity contribution in [3.05, 3.63) is 57.5 Å². The number of nitrogens with zero attached hydrogens (tertiary/aromatic N) is 2. The number of ether oxygens (including phenoxy) is 7. The van der Waals surface area contributed by atoms with Crippen LogP contribution in [0.4, 0.5) is 26.3 Å². The van der Waals surface area contributed by atoms with Gasteiger partial charge in [-0.1, -0.05) is 0 Å². The van der Waals surface area contributed by atoms with Gasteiger partial charge in [-0.15, -0.1) is 0 Å². The monoisotopic (exact) mass is 833 g/mol. The second kappa shape index (κ2) is 24.6. The summed E-state index contributed by atoms with van der Waals surface area (Å²) in [5.41, 5.74) is 4.94. The summed E-state index contributed by atoms with van der Waals surface area (Å²) in [6, 6.07) is -1.42. The number of esters is 1. The third kappa shape index (κ3) is 17.2. The maximum absolute atomic E-state index is 12.0. The van der Waals surface area contributed by atoms with Crippen molar-refractivity contribution in [3.63, 3.8) is 0 Å². The molecule has 0 fully saturated rings. The second-order valence-corrected chi connectivity index (χ2v) is 10.7. The highest BCUT2D eigenvalue weighted by Crippen LogP contribution is 2.28. The Morgan fingerprint density at radius 3 is 1.82 bits per heavy atom. The van der Waals surface area contributed by atoms with Crippen LogP contribution in [0.1, 0.15) is 0 Å². The van der Waals surface area contributed by atoms with Gasteiger partial charge < -0.3 is 54.8 Å². The van der Waals surface area contributed by atoms with E-state index in [1.165, 1.54) is 20.3 Å². The molecule has 0 aromatic rings. The van der Waals surface area contributed by atoms with Crippen molar-refractivity contribution in [1.82, 2.24) is 16.0 Å². The van der Waals surface area contributed by atoms with Crippen molar-refractivity contribution in [2.24, 2.45) is 22.6 Å². The fourth-order valence-electron chi connectivity index (χ4n) is 4.38. The van der Waals surface area contributed by atoms with Gasteiger partial charge in [0, 0.05) is 30.2 Å². The van der Waals surface area contributed by atoms with Crippen molar-refractivity contribution >= 4 is 35.7 Å². The van der Waals surface area contributed by atoms with E-state index in [-0.39, 0.29) is 76.8 Å². The van der Waals surface area contributed by atoms with E-state index in [0.717, 1.165) is 19.5 Å². The summed E-state index contributed by atoms with van der Waals surface area (Å²) in [5.74, 6) is -5.92. The smallest absolute Gasteiger partial charge is 0.471 e. The summed E-state index contributed by atoms with van der Waals surface area (Å²) >= 11 is 0. The quantitative estimate of drug-likeness (QED) is 0.0238. The first-order chi connectivity index (χ1) is 26.9. The molecule has 320 valence electrons. The molecule has 0 bridgehead atoms. The van der Waals surface area contributed by atoms with E-state index in [0.29, 0.717) is 17.2 Å². The number of alkyl halides is 6. The van der Waals surface area contributed by atoms with Gasteiger partial charge in [-0.2, -0.15) is 26.3 Å². The van der Waals surface area contributed by atoms with Crippen molar-refractivity contribution in [2.45, 2.75) is 18.4 Å². The number of amides is 3. The zero-order chi connectivity index (χ0) is 43.2. The van der Waals surface area contributed by atoms with Gasteiger partial charge >= 0.3 is 30.1 Å². The van der Waals surface area contributed by atoms with E-state index in [1.807, 2.05) is 0 Å². The van der Waals surface area contributed by atoms with Crippen molar-refractivity contribution in [1.29, 1.82) is 5.41 Å². The van der Waals surface area contributed by atoms with E-state index in [9.17, 15) is 55.6 Å². The molecule has 1 heterocycles. The lowest BCUT2D eigenvalue weighted by molar-refractivity contribution is -0.514. The molecule has 20 nitrogen and oxygen atoms in total. The summed E-state index contributed by atoms with van der Waals surface area (Å²) in [4.78, 5) is 59.4. The zero-order valence-electron chi connectivity index (χ0n) is 30.5. The van der Waals surface area contributed by atoms with Crippen molar-refractivity contribution in [2.75, 3.05) is 80.7 Å². The number of carbonyl (C=O) groups excluding carboxylic acids is 4. The number of hydrogen-bond donors (Lipinski definition) is 5. The molecule has 1 aliphatic heterocycles. The summed E-state index contributed by atoms with van der Waals surface area (Å²) < 4.78 is 108. The average Bonchev–Trinajstić information content (AvgIpc) is 3.15. The Bertz CT molecular complexity index is 1570. The minimum Gasteiger partial charge on any atom is -0.493 e. The lowest BCUT2D eigenvalue weighted by atomic mass is 9.94. The second-order valence-electron chi connectivity index (χ2n) is 10.7. The number of nitrogens with two attached hydrogens (primary N) is 1. The normalized spacial score (nSPS) is 18.5. The fraction of sp³-hybridized carbons (Fsp3) is 0.548. The third-order valence-electron chi connectivity index (χ3n) is 6.93. The van der Waals surface area contributed by atoms with Crippen LogP contribution < -0.4 is 21.7 Å². The number of fused-ring (bicyclic) bond motifs is 1. The fourth-order valence-corrected chi connectivity index (χ4v) is 4.38. The van der Waals surface area contributed by atoms with Gasteiger partial charge in [0.25, 0.3) is 6.04 Å². The Hall–Kier alpha value is -5.92. The Kier molecular flexibility index (Phi) is 21.2. The van der Waals surface area contributed by atoms with Crippen LogP contribution in [-0.4, -0.2) is 140 Å². The maximum atomic E-state index is 12.0. The van der Waals surface area contributed by atoms with E-state index in [4.69, 9.17) is 33.8 Å². The van der Waals surface area contributed by atoms with E-state index >= 15 is 0 Å². The Morgan fingerprint density at radius 1 is 0.877 bits per heavy atom. The van der Waals surface area contributed by atoms with Crippen LogP contribution in [0.2, 0.25) is 0 Å². The molecule has 0 radical (unpaired) electrons. The number of allylic oxidation sites excluding steroid dienone is 1. The predicted octanol–water partition coefficient (Wildman–Crippen LogP) is 0.383. The highest BCUT2D eigenvalue weighted by atomic mass is 19.4. The maximum Gasteiger partial charge on any atom is 0.471 e. The van der Waals surface area contributed by atoms with Gasteiger partial charge in [0.05, 0.1) is 59.8 Å². The molecule has 26 heteroatoms. The SMILES string of the molecule is COC(=O)C1C=C(OC)C(OCCOCCNC(=O)C(F)(F)F)=CC1[N+](=O)[O-].COC1=CC2C(=O)NCN=C2C=C1OCCOCCNC(=O)C(F)(F)F.N=CN. The molecule has 3 aliphatic rings. The Balaban J connectivity index is 0.000000534. The number of nitrogens with one attached hydrogen (secondary N) is 4. The average molecular weight is 834 g/mol. The van der Waals surface area contributed by atoms with E-state index in [1.54, 1.807) is 22.8 Å². The molecule has 0 spiro atoms. The van der Waals surface area contributed by atoms with Crippen molar-refractivity contribution in [3.8, 4) is 0 Å². The molecule has 3 rings (SSSR count). The minimum atomic E-state index is -4.96. The van der Waals surface area contributed by atoms with Crippen LogP contribution in [0, 0.1) is 27.4 Å². The third-order valence-corrected chi connectivity index (χ3v) is 6.93. The van der Waals surface area contributed by atoms with Gasteiger partial charge in [0.2, 0.25) is 5.91 Å². The highest BCUT2D eigenvalue weighted by Gasteiger charge is 2.41. The molecule has 3 unspecified atom stereocenters. The summed E-state index contributed by atoms with van der Waals surface area (Å²) in [6.45, 7) is -0.696. The molecule has 3 atom stereocenters. The van der Waals surface area contributed by atoms with Gasteiger partial charge in [0.15, 0.2) is 29.0 Å². The number of hydrogen-bond acceptors (Lipinski definition) is 15. The number of rotatable bonds is 18. The molecule has 0 saturated heterocycles. The van der Waals surface area contributed by atoms with Crippen LogP contribution in [0.3, 0.4) is 0 Å². The van der Waals surface area contributed by atoms with Crippen LogP contribution in [-0.2, 0) is 52.3 Å². The number of nitro groups is 1. The van der Waals surface area contributed by atoms with Gasteiger partial charge in [-0.3, -0.25) is 39.7 Å². The topological polar surface area (TPSA) is 274 Å². The molecular weight excluding hydrogens is 792 g/mol. The zero-order valence-corrected chi connectivity index (χ0v) is 30.5. The van der Waals surface area contributed by atoms with Crippen LogP contribution in [0.15, 0.2) is 52.3 Å². The summed E-state index contributed by atoms with van der Waals surface area (Å²) in [6.07, 6.45) is -3.61. The summed E-state index contributed by atoms with van der Waals surface area (Å²) in [5, 5.41) is 23.0. The standard InChI is InChI=1S/C15H18F3N3O5.C15H19F3N2O8.CH4N2/c1-24-11-6-9-10(20-8-21-13(9)22)7-12(11)26-5-4-25-3-2-19-14(23)15(16,17)18;1-25-11-7-9(13(21)26-2)10(20(23)24)8-12(11)28-6-5-27-4-3-19-14(22)15(16,17)18;2-1-3/h6-7,9H,2-5,8H2,1H3,(H,19,23)(H,21,22);7-10H,3-6H2,1-2H3,(H,19,22);1H,(H3,2,3). The highest BCUT2D eigenvalue weighted by molar-refractivity contribution is 6.13. The van der Waals surface area contributed by atoms with Gasteiger partial charge in [-0.25, -0.2) is 0 Å². The molecule has 0 aromatic heterocycles. The molecule has 6 N–H and O–H groups in total. The van der Waals surface area contributed by atoms with Crippen molar-refractivity contribution < 1.29 is 83.6 Å². The number of methoxy groups -OCH3 is 3. The lowest BCUT2D eigenvalue weighted by Gasteiger charge is -2.25. The lowest BCUT2D eigenvalue weighted by Crippen LogP contribution is -2.40. The molecule has 2 aliphatic carbocycles. The Labute approximate surface area is 320 Å². The Morgan fingerprint density at radius 2 is 1.37 bits per heavy atom. The first kappa shape index (κ1) is 49.1. The van der Waals surface area contributed by atoms with E-state index in [2.05, 4.69) is 20.8 Å². The molecule has 0 saturated carbocycles. The van der Waals surface area contributed by atoms with Gasteiger partial charge in [0.1, 0.15) is 25.8 Å². The number of halogens is 6. The molecular formula is C31H41F6N7O13.